The molecule has 2 aliphatic heterocycles. The van der Waals surface area contributed by atoms with Gasteiger partial charge in [-0.15, -0.1) is 0 Å². The lowest BCUT2D eigenvalue weighted by Gasteiger charge is -2.22. The van der Waals surface area contributed by atoms with Crippen molar-refractivity contribution in [1.82, 2.24) is 16.0 Å². The van der Waals surface area contributed by atoms with E-state index in [1.807, 2.05) is 13.8 Å². The number of nitrogens with one attached hydrogen (secondary N) is 3. The summed E-state index contributed by atoms with van der Waals surface area (Å²) in [6.45, 7) is 3.94. The van der Waals surface area contributed by atoms with Crippen LogP contribution in [0.2, 0.25) is 0 Å². The maximum absolute atomic E-state index is 11.4. The zero-order valence-electron chi connectivity index (χ0n) is 8.84. The normalized spacial score (nSPS) is 34.9. The van der Waals surface area contributed by atoms with Gasteiger partial charge in [-0.2, -0.15) is 0 Å². The Labute approximate surface area is 84.8 Å². The van der Waals surface area contributed by atoms with Gasteiger partial charge in [-0.3, -0.25) is 0 Å². The summed E-state index contributed by atoms with van der Waals surface area (Å²) in [6.07, 6.45) is 3.57. The highest BCUT2D eigenvalue weighted by molar-refractivity contribution is 5.74. The Balaban J connectivity index is 1.78. The van der Waals surface area contributed by atoms with Gasteiger partial charge in [0.2, 0.25) is 0 Å². The second-order valence-electron chi connectivity index (χ2n) is 4.66. The lowest BCUT2D eigenvalue weighted by atomic mass is 9.96. The number of rotatable bonds is 2. The molecule has 2 rings (SSSR count). The zero-order valence-corrected chi connectivity index (χ0v) is 8.84. The second-order valence-corrected chi connectivity index (χ2v) is 4.66. The fourth-order valence-corrected chi connectivity index (χ4v) is 2.46. The first kappa shape index (κ1) is 9.77. The van der Waals surface area contributed by atoms with E-state index >= 15 is 0 Å². The van der Waals surface area contributed by atoms with E-state index in [0.29, 0.717) is 18.1 Å². The molecule has 4 heteroatoms. The summed E-state index contributed by atoms with van der Waals surface area (Å²) < 4.78 is 0. The molecular formula is C10H19N3O. The van der Waals surface area contributed by atoms with Crippen LogP contribution in [0.15, 0.2) is 0 Å². The highest BCUT2D eigenvalue weighted by Crippen LogP contribution is 2.27. The molecule has 4 nitrogen and oxygen atoms in total. The van der Waals surface area contributed by atoms with Crippen LogP contribution in [-0.4, -0.2) is 30.2 Å². The Hall–Kier alpha value is -0.770. The van der Waals surface area contributed by atoms with Crippen LogP contribution in [-0.2, 0) is 0 Å². The Morgan fingerprint density at radius 3 is 2.71 bits per heavy atom. The van der Waals surface area contributed by atoms with Gasteiger partial charge in [-0.05, 0) is 33.1 Å². The van der Waals surface area contributed by atoms with E-state index in [1.165, 1.54) is 12.8 Å². The van der Waals surface area contributed by atoms with Gasteiger partial charge < -0.3 is 16.0 Å². The maximum Gasteiger partial charge on any atom is 0.315 e. The average Bonchev–Trinajstić information content (AvgIpc) is 2.62. The standard InChI is InChI=1S/C10H19N3O/c1-6(2)11-10(14)13-9-5-7-3-4-8(9)12-7/h6-9,12H,3-5H2,1-2H3,(H2,11,13,14). The van der Waals surface area contributed by atoms with E-state index in [4.69, 9.17) is 0 Å². The fraction of sp³-hybridized carbons (Fsp3) is 0.900. The molecule has 2 bridgehead atoms. The monoisotopic (exact) mass is 197 g/mol. The quantitative estimate of drug-likeness (QED) is 0.607. The first-order valence-electron chi connectivity index (χ1n) is 5.48. The molecule has 2 aliphatic rings. The average molecular weight is 197 g/mol. The van der Waals surface area contributed by atoms with Crippen molar-refractivity contribution in [2.45, 2.75) is 57.3 Å². The number of urea groups is 1. The number of carbonyl (C=O) groups excluding carboxylic acids is 1. The number of carbonyl (C=O) groups is 1. The maximum atomic E-state index is 11.4. The largest absolute Gasteiger partial charge is 0.336 e. The molecule has 0 aromatic carbocycles. The van der Waals surface area contributed by atoms with Crippen molar-refractivity contribution in [3.05, 3.63) is 0 Å². The Kier molecular flexibility index (Phi) is 2.63. The molecule has 2 fully saturated rings. The smallest absolute Gasteiger partial charge is 0.315 e. The van der Waals surface area contributed by atoms with Crippen molar-refractivity contribution >= 4 is 6.03 Å². The van der Waals surface area contributed by atoms with E-state index in [9.17, 15) is 4.79 Å². The molecule has 0 aromatic rings. The molecule has 2 heterocycles. The van der Waals surface area contributed by atoms with Gasteiger partial charge in [0.05, 0.1) is 0 Å². The third kappa shape index (κ3) is 2.00. The Morgan fingerprint density at radius 1 is 1.43 bits per heavy atom. The van der Waals surface area contributed by atoms with Crippen LogP contribution in [0.3, 0.4) is 0 Å². The van der Waals surface area contributed by atoms with E-state index in [0.717, 1.165) is 6.42 Å². The predicted molar refractivity (Wildman–Crippen MR) is 55.2 cm³/mol. The number of hydrogen-bond donors (Lipinski definition) is 3. The van der Waals surface area contributed by atoms with Crippen molar-refractivity contribution in [2.24, 2.45) is 0 Å². The summed E-state index contributed by atoms with van der Waals surface area (Å²) in [5.41, 5.74) is 0. The van der Waals surface area contributed by atoms with Crippen molar-refractivity contribution in [1.29, 1.82) is 0 Å². The molecular weight excluding hydrogens is 178 g/mol. The third-order valence-electron chi connectivity index (χ3n) is 3.04. The molecule has 0 aromatic heterocycles. The zero-order chi connectivity index (χ0) is 10.1. The Bertz CT molecular complexity index is 229. The number of amides is 2. The van der Waals surface area contributed by atoms with Crippen LogP contribution >= 0.6 is 0 Å². The molecule has 0 saturated carbocycles. The van der Waals surface area contributed by atoms with Crippen LogP contribution in [0.1, 0.15) is 33.1 Å². The minimum Gasteiger partial charge on any atom is -0.336 e. The molecule has 0 aliphatic carbocycles. The summed E-state index contributed by atoms with van der Waals surface area (Å²) in [7, 11) is 0. The predicted octanol–water partition coefficient (Wildman–Crippen LogP) is 0.587. The number of hydrogen-bond acceptors (Lipinski definition) is 2. The SMILES string of the molecule is CC(C)NC(=O)NC1CC2CCC1N2. The van der Waals surface area contributed by atoms with Crippen LogP contribution in [0.25, 0.3) is 0 Å². The van der Waals surface area contributed by atoms with Gasteiger partial charge in [-0.1, -0.05) is 0 Å². The van der Waals surface area contributed by atoms with Crippen LogP contribution < -0.4 is 16.0 Å². The minimum absolute atomic E-state index is 0.0284. The van der Waals surface area contributed by atoms with E-state index in [2.05, 4.69) is 16.0 Å². The topological polar surface area (TPSA) is 53.2 Å². The first-order valence-corrected chi connectivity index (χ1v) is 5.48. The molecule has 2 saturated heterocycles. The van der Waals surface area contributed by atoms with Gasteiger partial charge in [-0.25, -0.2) is 4.79 Å². The van der Waals surface area contributed by atoms with Crippen LogP contribution in [0, 0.1) is 0 Å². The third-order valence-corrected chi connectivity index (χ3v) is 3.04. The van der Waals surface area contributed by atoms with E-state index in [-0.39, 0.29) is 12.1 Å². The van der Waals surface area contributed by atoms with Crippen LogP contribution in [0.5, 0.6) is 0 Å². The molecule has 3 unspecified atom stereocenters. The lowest BCUT2D eigenvalue weighted by molar-refractivity contribution is 0.232. The van der Waals surface area contributed by atoms with Crippen molar-refractivity contribution in [2.75, 3.05) is 0 Å². The molecule has 0 spiro atoms. The molecule has 3 N–H and O–H groups in total. The van der Waals surface area contributed by atoms with Gasteiger partial charge in [0.25, 0.3) is 0 Å². The molecule has 0 radical (unpaired) electrons. The molecule has 14 heavy (non-hydrogen) atoms. The summed E-state index contributed by atoms with van der Waals surface area (Å²) in [5.74, 6) is 0. The van der Waals surface area contributed by atoms with Gasteiger partial charge in [0, 0.05) is 24.2 Å². The van der Waals surface area contributed by atoms with Gasteiger partial charge >= 0.3 is 6.03 Å². The van der Waals surface area contributed by atoms with E-state index in [1.54, 1.807) is 0 Å². The van der Waals surface area contributed by atoms with Crippen molar-refractivity contribution in [3.63, 3.8) is 0 Å². The lowest BCUT2D eigenvalue weighted by Crippen LogP contribution is -2.48. The summed E-state index contributed by atoms with van der Waals surface area (Å²) in [4.78, 5) is 11.4. The highest BCUT2D eigenvalue weighted by atomic mass is 16.2. The molecule has 3 atom stereocenters. The Morgan fingerprint density at radius 2 is 2.21 bits per heavy atom. The van der Waals surface area contributed by atoms with E-state index < -0.39 is 0 Å². The second kappa shape index (κ2) is 3.77. The number of fused-ring (bicyclic) bond motifs is 2. The summed E-state index contributed by atoms with van der Waals surface area (Å²) >= 11 is 0. The summed E-state index contributed by atoms with van der Waals surface area (Å²) in [6, 6.07) is 1.68. The van der Waals surface area contributed by atoms with Crippen LogP contribution in [0.4, 0.5) is 4.79 Å². The molecule has 2 amide bonds. The fourth-order valence-electron chi connectivity index (χ4n) is 2.46. The minimum atomic E-state index is -0.0284. The highest BCUT2D eigenvalue weighted by Gasteiger charge is 2.39. The van der Waals surface area contributed by atoms with Gasteiger partial charge in [0.15, 0.2) is 0 Å². The van der Waals surface area contributed by atoms with Gasteiger partial charge in [0.1, 0.15) is 0 Å². The summed E-state index contributed by atoms with van der Waals surface area (Å²) in [5, 5.41) is 9.37. The van der Waals surface area contributed by atoms with Crippen molar-refractivity contribution < 1.29 is 4.79 Å². The van der Waals surface area contributed by atoms with Crippen molar-refractivity contribution in [3.8, 4) is 0 Å². The molecule has 80 valence electrons. The first-order chi connectivity index (χ1) is 6.65.